The number of rotatable bonds is 3. The van der Waals surface area contributed by atoms with Crippen LogP contribution in [0.1, 0.15) is 21.1 Å². The monoisotopic (exact) mass is 295 g/mol. The van der Waals surface area contributed by atoms with Crippen LogP contribution < -0.4 is 4.74 Å². The van der Waals surface area contributed by atoms with Crippen molar-refractivity contribution in [3.05, 3.63) is 44.4 Å². The van der Waals surface area contributed by atoms with Gasteiger partial charge in [0.2, 0.25) is 0 Å². The van der Waals surface area contributed by atoms with Crippen LogP contribution in [0.2, 0.25) is 5.02 Å². The smallest absolute Gasteiger partial charge is 0.140 e. The average Bonchev–Trinajstić information content (AvgIpc) is 2.83. The van der Waals surface area contributed by atoms with Crippen molar-refractivity contribution >= 4 is 22.9 Å². The average molecular weight is 296 g/mol. The number of halogens is 1. The van der Waals surface area contributed by atoms with Gasteiger partial charge in [0.15, 0.2) is 0 Å². The Morgan fingerprint density at radius 3 is 3.21 bits per heavy atom. The van der Waals surface area contributed by atoms with Gasteiger partial charge in [-0.3, -0.25) is 0 Å². The van der Waals surface area contributed by atoms with Gasteiger partial charge in [0.05, 0.1) is 28.8 Å². The van der Waals surface area contributed by atoms with Gasteiger partial charge >= 0.3 is 0 Å². The van der Waals surface area contributed by atoms with E-state index < -0.39 is 0 Å². The Hall–Kier alpha value is -1.10. The Morgan fingerprint density at radius 1 is 1.47 bits per heavy atom. The minimum absolute atomic E-state index is 0.459. The maximum absolute atomic E-state index is 6.20. The lowest BCUT2D eigenvalue weighted by atomic mass is 10.2. The van der Waals surface area contributed by atoms with E-state index in [0.29, 0.717) is 24.0 Å². The molecular formula is C14H14ClNO2S. The number of aryl methyl sites for hydroxylation is 1. The lowest BCUT2D eigenvalue weighted by molar-refractivity contribution is 0.112. The Bertz CT molecular complexity index is 574. The van der Waals surface area contributed by atoms with Gasteiger partial charge in [0, 0.05) is 6.42 Å². The predicted octanol–water partition coefficient (Wildman–Crippen LogP) is 3.76. The molecule has 0 saturated heterocycles. The molecule has 0 radical (unpaired) electrons. The molecule has 0 unspecified atom stereocenters. The lowest BCUT2D eigenvalue weighted by Crippen LogP contribution is -2.07. The molecule has 2 aromatic rings. The lowest BCUT2D eigenvalue weighted by Gasteiger charge is -2.08. The number of aromatic nitrogens is 1. The van der Waals surface area contributed by atoms with Crippen molar-refractivity contribution in [1.82, 2.24) is 4.98 Å². The molecule has 1 aromatic heterocycles. The van der Waals surface area contributed by atoms with Gasteiger partial charge in [-0.05, 0) is 18.6 Å². The topological polar surface area (TPSA) is 31.4 Å². The van der Waals surface area contributed by atoms with Crippen LogP contribution >= 0.6 is 22.9 Å². The van der Waals surface area contributed by atoms with Crippen molar-refractivity contribution in [3.8, 4) is 5.75 Å². The molecule has 0 N–H and O–H groups in total. The molecule has 1 aromatic carbocycles. The van der Waals surface area contributed by atoms with Crippen molar-refractivity contribution in [2.45, 2.75) is 26.6 Å². The normalized spacial score (nSPS) is 14.2. The largest absolute Gasteiger partial charge is 0.485 e. The molecule has 0 spiro atoms. The summed E-state index contributed by atoms with van der Waals surface area (Å²) in [6.45, 7) is 3.87. The van der Waals surface area contributed by atoms with Gasteiger partial charge in [-0.1, -0.05) is 23.7 Å². The van der Waals surface area contributed by atoms with E-state index in [1.807, 2.05) is 25.1 Å². The number of nitrogens with zero attached hydrogens (tertiary/aromatic N) is 1. The number of hydrogen-bond donors (Lipinski definition) is 0. The quantitative estimate of drug-likeness (QED) is 0.864. The van der Waals surface area contributed by atoms with Crippen LogP contribution in [0.5, 0.6) is 5.75 Å². The summed E-state index contributed by atoms with van der Waals surface area (Å²) in [5.41, 5.74) is 2.18. The highest BCUT2D eigenvalue weighted by Crippen LogP contribution is 2.29. The van der Waals surface area contributed by atoms with Crippen molar-refractivity contribution in [1.29, 1.82) is 0 Å². The molecule has 2 heterocycles. The molecule has 1 aliphatic rings. The molecule has 0 atom stereocenters. The first kappa shape index (κ1) is 12.9. The highest BCUT2D eigenvalue weighted by molar-refractivity contribution is 7.11. The minimum Gasteiger partial charge on any atom is -0.485 e. The number of benzene rings is 1. The first-order valence-corrected chi connectivity index (χ1v) is 7.36. The molecule has 0 aliphatic carbocycles. The number of hydrogen-bond acceptors (Lipinski definition) is 4. The third-order valence-electron chi connectivity index (χ3n) is 3.05. The molecule has 0 bridgehead atoms. The van der Waals surface area contributed by atoms with Crippen LogP contribution in [0.3, 0.4) is 0 Å². The summed E-state index contributed by atoms with van der Waals surface area (Å²) >= 11 is 7.86. The Kier molecular flexibility index (Phi) is 3.73. The first-order valence-electron chi connectivity index (χ1n) is 6.17. The Balaban J connectivity index is 1.72. The summed E-state index contributed by atoms with van der Waals surface area (Å²) < 4.78 is 11.2. The van der Waals surface area contributed by atoms with E-state index in [1.165, 1.54) is 4.88 Å². The van der Waals surface area contributed by atoms with E-state index in [1.54, 1.807) is 11.3 Å². The SMILES string of the molecule is Cc1cccc(OCc2nc3c(s2)COCC3)c1Cl. The van der Waals surface area contributed by atoms with E-state index >= 15 is 0 Å². The Labute approximate surface area is 121 Å². The zero-order valence-electron chi connectivity index (χ0n) is 10.6. The van der Waals surface area contributed by atoms with E-state index in [2.05, 4.69) is 4.98 Å². The second-order valence-electron chi connectivity index (χ2n) is 4.46. The summed E-state index contributed by atoms with van der Waals surface area (Å²) in [6, 6.07) is 5.79. The zero-order chi connectivity index (χ0) is 13.2. The van der Waals surface area contributed by atoms with E-state index in [9.17, 15) is 0 Å². The van der Waals surface area contributed by atoms with Crippen molar-refractivity contribution < 1.29 is 9.47 Å². The van der Waals surface area contributed by atoms with Crippen LogP contribution in [0, 0.1) is 6.92 Å². The minimum atomic E-state index is 0.459. The third-order valence-corrected chi connectivity index (χ3v) is 4.58. The molecule has 5 heteroatoms. The maximum Gasteiger partial charge on any atom is 0.140 e. The second kappa shape index (κ2) is 5.49. The summed E-state index contributed by atoms with van der Waals surface area (Å²) in [5, 5.41) is 1.65. The molecule has 3 rings (SSSR count). The molecule has 19 heavy (non-hydrogen) atoms. The van der Waals surface area contributed by atoms with Crippen LogP contribution in [0.25, 0.3) is 0 Å². The standard InChI is InChI=1S/C14H14ClNO2S/c1-9-3-2-4-11(14(9)15)18-8-13-16-10-5-6-17-7-12(10)19-13/h2-4H,5-8H2,1H3. The maximum atomic E-state index is 6.20. The molecule has 0 saturated carbocycles. The highest BCUT2D eigenvalue weighted by Gasteiger charge is 2.16. The molecule has 1 aliphatic heterocycles. The van der Waals surface area contributed by atoms with Crippen LogP contribution in [-0.4, -0.2) is 11.6 Å². The van der Waals surface area contributed by atoms with Gasteiger partial charge in [-0.15, -0.1) is 11.3 Å². The highest BCUT2D eigenvalue weighted by atomic mass is 35.5. The van der Waals surface area contributed by atoms with Crippen LogP contribution in [0.15, 0.2) is 18.2 Å². The molecular weight excluding hydrogens is 282 g/mol. The zero-order valence-corrected chi connectivity index (χ0v) is 12.2. The Morgan fingerprint density at radius 2 is 2.37 bits per heavy atom. The molecule has 100 valence electrons. The third kappa shape index (κ3) is 2.76. The van der Waals surface area contributed by atoms with Crippen LogP contribution in [0.4, 0.5) is 0 Å². The first-order chi connectivity index (χ1) is 9.24. The summed E-state index contributed by atoms with van der Waals surface area (Å²) in [7, 11) is 0. The van der Waals surface area contributed by atoms with E-state index in [-0.39, 0.29) is 0 Å². The fraction of sp³-hybridized carbons (Fsp3) is 0.357. The summed E-state index contributed by atoms with van der Waals surface area (Å²) in [6.07, 6.45) is 0.900. The molecule has 3 nitrogen and oxygen atoms in total. The van der Waals surface area contributed by atoms with Gasteiger partial charge in [0.25, 0.3) is 0 Å². The van der Waals surface area contributed by atoms with Crippen LogP contribution in [-0.2, 0) is 24.4 Å². The fourth-order valence-electron chi connectivity index (χ4n) is 2.01. The van der Waals surface area contributed by atoms with Crippen molar-refractivity contribution in [2.24, 2.45) is 0 Å². The van der Waals surface area contributed by atoms with Crippen molar-refractivity contribution in [3.63, 3.8) is 0 Å². The summed E-state index contributed by atoms with van der Waals surface area (Å²) in [4.78, 5) is 5.81. The number of ether oxygens (including phenoxy) is 2. The number of fused-ring (bicyclic) bond motifs is 1. The predicted molar refractivity (Wildman–Crippen MR) is 76.0 cm³/mol. The van der Waals surface area contributed by atoms with E-state index in [4.69, 9.17) is 21.1 Å². The summed E-state index contributed by atoms with van der Waals surface area (Å²) in [5.74, 6) is 0.714. The van der Waals surface area contributed by atoms with Gasteiger partial charge < -0.3 is 9.47 Å². The van der Waals surface area contributed by atoms with Gasteiger partial charge in [-0.2, -0.15) is 0 Å². The number of thiazole rings is 1. The van der Waals surface area contributed by atoms with E-state index in [0.717, 1.165) is 29.3 Å². The fourth-order valence-corrected chi connectivity index (χ4v) is 3.16. The van der Waals surface area contributed by atoms with Gasteiger partial charge in [0.1, 0.15) is 17.4 Å². The van der Waals surface area contributed by atoms with Crippen molar-refractivity contribution in [2.75, 3.05) is 6.61 Å². The second-order valence-corrected chi connectivity index (χ2v) is 6.00. The molecule has 0 fully saturated rings. The molecule has 0 amide bonds. The van der Waals surface area contributed by atoms with Gasteiger partial charge in [-0.25, -0.2) is 4.98 Å².